The summed E-state index contributed by atoms with van der Waals surface area (Å²) in [7, 11) is -1.68. The van der Waals surface area contributed by atoms with Crippen molar-refractivity contribution in [3.05, 3.63) is 54.1 Å². The zero-order valence-corrected chi connectivity index (χ0v) is 12.8. The van der Waals surface area contributed by atoms with Gasteiger partial charge >= 0.3 is 0 Å². The van der Waals surface area contributed by atoms with Crippen LogP contribution < -0.4 is 14.8 Å². The molecule has 2 aromatic carbocycles. The third-order valence-corrected chi connectivity index (χ3v) is 3.43. The topological polar surface area (TPSA) is 67.4 Å². The highest BCUT2D eigenvalue weighted by Crippen LogP contribution is 2.23. The van der Waals surface area contributed by atoms with Crippen LogP contribution in [0.1, 0.15) is 5.56 Å². The van der Waals surface area contributed by atoms with Crippen molar-refractivity contribution >= 4 is 21.4 Å². The van der Waals surface area contributed by atoms with Crippen LogP contribution in [0.2, 0.25) is 0 Å². The van der Waals surface area contributed by atoms with Crippen LogP contribution in [0.3, 0.4) is 0 Å². The molecule has 0 saturated carbocycles. The summed E-state index contributed by atoms with van der Waals surface area (Å²) in [5.41, 5.74) is 2.30. The molecule has 0 aliphatic carbocycles. The van der Waals surface area contributed by atoms with Crippen LogP contribution in [0.15, 0.2) is 48.5 Å². The molecule has 0 amide bonds. The van der Waals surface area contributed by atoms with E-state index < -0.39 is 10.0 Å². The maximum absolute atomic E-state index is 11.4. The molecule has 0 unspecified atom stereocenters. The maximum Gasteiger partial charge on any atom is 0.229 e. The summed E-state index contributed by atoms with van der Waals surface area (Å²) in [6, 6.07) is 14.9. The summed E-state index contributed by atoms with van der Waals surface area (Å²) in [5, 5.41) is 3.22. The van der Waals surface area contributed by atoms with Gasteiger partial charge in [-0.3, -0.25) is 4.72 Å². The van der Waals surface area contributed by atoms with Gasteiger partial charge < -0.3 is 10.1 Å². The average Bonchev–Trinajstić information content (AvgIpc) is 2.45. The molecule has 2 rings (SSSR count). The fraction of sp³-hybridized carbons (Fsp3) is 0.200. The van der Waals surface area contributed by atoms with Gasteiger partial charge in [0.1, 0.15) is 5.75 Å². The van der Waals surface area contributed by atoms with E-state index in [4.69, 9.17) is 4.74 Å². The second-order valence-electron chi connectivity index (χ2n) is 4.62. The number of methoxy groups -OCH3 is 1. The van der Waals surface area contributed by atoms with E-state index >= 15 is 0 Å². The Balaban J connectivity index is 2.12. The molecule has 5 nitrogen and oxygen atoms in total. The molecule has 2 aromatic rings. The molecule has 112 valence electrons. The number of benzene rings is 2. The monoisotopic (exact) mass is 306 g/mol. The molecule has 0 fully saturated rings. The first-order valence-corrected chi connectivity index (χ1v) is 8.31. The minimum Gasteiger partial charge on any atom is -0.497 e. The summed E-state index contributed by atoms with van der Waals surface area (Å²) in [5.74, 6) is 0.789. The van der Waals surface area contributed by atoms with Gasteiger partial charge in [0.05, 0.1) is 24.7 Å². The Kier molecular flexibility index (Phi) is 4.70. The molecule has 0 aliphatic rings. The second kappa shape index (κ2) is 6.49. The summed E-state index contributed by atoms with van der Waals surface area (Å²) < 4.78 is 30.4. The van der Waals surface area contributed by atoms with Crippen LogP contribution >= 0.6 is 0 Å². The first-order valence-electron chi connectivity index (χ1n) is 6.41. The standard InChI is InChI=1S/C15H18N2O3S/c1-20-13-7-5-6-12(10-13)11-16-14-8-3-4-9-15(14)17-21(2,18)19/h3-10,16-17H,11H2,1-2H3. The molecular formula is C15H18N2O3S. The molecule has 0 spiro atoms. The van der Waals surface area contributed by atoms with E-state index in [1.165, 1.54) is 0 Å². The van der Waals surface area contributed by atoms with E-state index in [2.05, 4.69) is 10.0 Å². The minimum atomic E-state index is -3.30. The quantitative estimate of drug-likeness (QED) is 0.861. The highest BCUT2D eigenvalue weighted by Gasteiger charge is 2.06. The summed E-state index contributed by atoms with van der Waals surface area (Å²) >= 11 is 0. The van der Waals surface area contributed by atoms with Gasteiger partial charge in [0.15, 0.2) is 0 Å². The lowest BCUT2D eigenvalue weighted by Crippen LogP contribution is -2.11. The number of para-hydroxylation sites is 2. The minimum absolute atomic E-state index is 0.530. The molecule has 21 heavy (non-hydrogen) atoms. The van der Waals surface area contributed by atoms with Crippen LogP contribution in [-0.2, 0) is 16.6 Å². The van der Waals surface area contributed by atoms with E-state index in [1.807, 2.05) is 36.4 Å². The number of anilines is 2. The van der Waals surface area contributed by atoms with Gasteiger partial charge in [-0.25, -0.2) is 8.42 Å². The van der Waals surface area contributed by atoms with Gasteiger partial charge in [-0.2, -0.15) is 0 Å². The third-order valence-electron chi connectivity index (χ3n) is 2.84. The Morgan fingerprint density at radius 2 is 1.76 bits per heavy atom. The van der Waals surface area contributed by atoms with E-state index in [0.717, 1.165) is 23.3 Å². The van der Waals surface area contributed by atoms with Crippen molar-refractivity contribution in [1.82, 2.24) is 0 Å². The maximum atomic E-state index is 11.4. The number of nitrogens with one attached hydrogen (secondary N) is 2. The Morgan fingerprint density at radius 3 is 2.43 bits per heavy atom. The van der Waals surface area contributed by atoms with E-state index in [0.29, 0.717) is 12.2 Å². The number of hydrogen-bond donors (Lipinski definition) is 2. The van der Waals surface area contributed by atoms with Crippen molar-refractivity contribution in [3.8, 4) is 5.75 Å². The molecule has 0 heterocycles. The molecule has 0 radical (unpaired) electrons. The molecule has 0 bridgehead atoms. The molecule has 0 saturated heterocycles. The molecule has 2 N–H and O–H groups in total. The SMILES string of the molecule is COc1cccc(CNc2ccccc2NS(C)(=O)=O)c1. The van der Waals surface area contributed by atoms with Gasteiger partial charge in [-0.05, 0) is 29.8 Å². The van der Waals surface area contributed by atoms with Crippen molar-refractivity contribution in [2.75, 3.05) is 23.4 Å². The zero-order chi connectivity index (χ0) is 15.3. The van der Waals surface area contributed by atoms with Gasteiger partial charge in [0, 0.05) is 6.54 Å². The second-order valence-corrected chi connectivity index (χ2v) is 6.37. The van der Waals surface area contributed by atoms with Crippen molar-refractivity contribution in [1.29, 1.82) is 0 Å². The molecule has 0 aliphatic heterocycles. The van der Waals surface area contributed by atoms with Gasteiger partial charge in [-0.15, -0.1) is 0 Å². The fourth-order valence-corrected chi connectivity index (χ4v) is 2.48. The van der Waals surface area contributed by atoms with Crippen molar-refractivity contribution < 1.29 is 13.2 Å². The predicted octanol–water partition coefficient (Wildman–Crippen LogP) is 2.68. The lowest BCUT2D eigenvalue weighted by Gasteiger charge is -2.13. The van der Waals surface area contributed by atoms with Crippen LogP contribution in [0.25, 0.3) is 0 Å². The smallest absolute Gasteiger partial charge is 0.229 e. The van der Waals surface area contributed by atoms with Gasteiger partial charge in [0.25, 0.3) is 0 Å². The lowest BCUT2D eigenvalue weighted by atomic mass is 10.2. The van der Waals surface area contributed by atoms with Gasteiger partial charge in [-0.1, -0.05) is 24.3 Å². The largest absolute Gasteiger partial charge is 0.497 e. The molecule has 0 atom stereocenters. The van der Waals surface area contributed by atoms with Crippen LogP contribution in [0.5, 0.6) is 5.75 Å². The fourth-order valence-electron chi connectivity index (χ4n) is 1.91. The lowest BCUT2D eigenvalue weighted by molar-refractivity contribution is 0.414. The number of sulfonamides is 1. The van der Waals surface area contributed by atoms with Crippen LogP contribution in [0, 0.1) is 0 Å². The molecular weight excluding hydrogens is 288 g/mol. The first-order chi connectivity index (χ1) is 9.98. The van der Waals surface area contributed by atoms with E-state index in [9.17, 15) is 8.42 Å². The van der Waals surface area contributed by atoms with E-state index in [-0.39, 0.29) is 0 Å². The third kappa shape index (κ3) is 4.68. The van der Waals surface area contributed by atoms with Crippen LogP contribution in [-0.4, -0.2) is 21.8 Å². The zero-order valence-electron chi connectivity index (χ0n) is 12.0. The number of hydrogen-bond acceptors (Lipinski definition) is 4. The summed E-state index contributed by atoms with van der Waals surface area (Å²) in [4.78, 5) is 0. The highest BCUT2D eigenvalue weighted by molar-refractivity contribution is 7.92. The average molecular weight is 306 g/mol. The number of ether oxygens (including phenoxy) is 1. The van der Waals surface area contributed by atoms with Crippen LogP contribution in [0.4, 0.5) is 11.4 Å². The van der Waals surface area contributed by atoms with E-state index in [1.54, 1.807) is 19.2 Å². The summed E-state index contributed by atoms with van der Waals surface area (Å²) in [6.07, 6.45) is 1.13. The normalized spacial score (nSPS) is 11.0. The molecule has 6 heteroatoms. The van der Waals surface area contributed by atoms with Crippen molar-refractivity contribution in [2.24, 2.45) is 0 Å². The Labute approximate surface area is 125 Å². The highest BCUT2D eigenvalue weighted by atomic mass is 32.2. The Hall–Kier alpha value is -2.21. The van der Waals surface area contributed by atoms with Crippen molar-refractivity contribution in [3.63, 3.8) is 0 Å². The molecule has 0 aromatic heterocycles. The first kappa shape index (κ1) is 15.2. The van der Waals surface area contributed by atoms with Crippen molar-refractivity contribution in [2.45, 2.75) is 6.54 Å². The predicted molar refractivity (Wildman–Crippen MR) is 85.2 cm³/mol. The van der Waals surface area contributed by atoms with Gasteiger partial charge in [0.2, 0.25) is 10.0 Å². The summed E-state index contributed by atoms with van der Waals surface area (Å²) in [6.45, 7) is 0.569. The Morgan fingerprint density at radius 1 is 1.05 bits per heavy atom. The Bertz CT molecular complexity index is 714. The number of rotatable bonds is 6.